The Kier molecular flexibility index (Phi) is 2.35. The third-order valence-corrected chi connectivity index (χ3v) is 8.32. The smallest absolute Gasteiger partial charge is 0.0622 e. The van der Waals surface area contributed by atoms with E-state index >= 15 is 0 Å². The lowest BCUT2D eigenvalue weighted by Crippen LogP contribution is -2.03. The van der Waals surface area contributed by atoms with Gasteiger partial charge in [-0.25, -0.2) is 0 Å². The lowest BCUT2D eigenvalue weighted by atomic mass is 9.95. The van der Waals surface area contributed by atoms with Crippen LogP contribution in [0.15, 0.2) is 47.8 Å². The zero-order valence-corrected chi connectivity index (χ0v) is 11.8. The fourth-order valence-corrected chi connectivity index (χ4v) is 8.58. The number of benzene rings is 1. The summed E-state index contributed by atoms with van der Waals surface area (Å²) >= 11 is 0. The van der Waals surface area contributed by atoms with Gasteiger partial charge in [-0.1, -0.05) is 51.1 Å². The van der Waals surface area contributed by atoms with Crippen molar-refractivity contribution in [1.82, 2.24) is 0 Å². The predicted octanol–water partition coefficient (Wildman–Crippen LogP) is 5.00. The van der Waals surface area contributed by atoms with E-state index in [1.54, 1.807) is 10.6 Å². The van der Waals surface area contributed by atoms with Gasteiger partial charge >= 0.3 is 0 Å². The molecule has 0 aliphatic carbocycles. The second kappa shape index (κ2) is 3.56. The molecule has 0 bridgehead atoms. The second-order valence-corrected chi connectivity index (χ2v) is 9.68. The van der Waals surface area contributed by atoms with E-state index < -0.39 is 7.26 Å². The molecular weight excluding hydrogens is 223 g/mol. The maximum absolute atomic E-state index is 2.40. The summed E-state index contributed by atoms with van der Waals surface area (Å²) < 4.78 is 0. The lowest BCUT2D eigenvalue weighted by molar-refractivity contribution is 0.538. The Balaban J connectivity index is 2.04. The average molecular weight is 243 g/mol. The van der Waals surface area contributed by atoms with E-state index in [1.807, 2.05) is 0 Å². The van der Waals surface area contributed by atoms with Crippen LogP contribution < -0.4 is 0 Å². The molecule has 1 aromatic rings. The summed E-state index contributed by atoms with van der Waals surface area (Å²) in [6, 6.07) is 11.0. The monoisotopic (exact) mass is 243 g/mol. The molecule has 0 unspecified atom stereocenters. The zero-order chi connectivity index (χ0) is 12.1. The van der Waals surface area contributed by atoms with Crippen LogP contribution in [0.1, 0.15) is 26.3 Å². The summed E-state index contributed by atoms with van der Waals surface area (Å²) in [5, 5.41) is 3.52. The van der Waals surface area contributed by atoms with Gasteiger partial charge in [0.2, 0.25) is 0 Å². The molecule has 1 aromatic carbocycles. The third kappa shape index (κ3) is 1.62. The highest BCUT2D eigenvalue weighted by atomic mass is 31.2. The molecule has 88 valence electrons. The molecule has 0 fully saturated rings. The summed E-state index contributed by atoms with van der Waals surface area (Å²) in [6.45, 7) is 7.12. The summed E-state index contributed by atoms with van der Waals surface area (Å²) in [5.41, 5.74) is 1.83. The Morgan fingerprint density at radius 1 is 0.941 bits per heavy atom. The summed E-state index contributed by atoms with van der Waals surface area (Å²) in [5.74, 6) is 0. The number of hydrogen-bond donors (Lipinski definition) is 0. The van der Waals surface area contributed by atoms with Gasteiger partial charge < -0.3 is 0 Å². The second-order valence-electron chi connectivity index (χ2n) is 6.12. The van der Waals surface area contributed by atoms with Crippen LogP contribution in [-0.4, -0.2) is 12.3 Å². The summed E-state index contributed by atoms with van der Waals surface area (Å²) in [4.78, 5) is 0. The van der Waals surface area contributed by atoms with Gasteiger partial charge in [0, 0.05) is 11.0 Å². The normalized spacial score (nSPS) is 21.4. The molecule has 3 rings (SSSR count). The molecule has 1 heteroatoms. The molecule has 17 heavy (non-hydrogen) atoms. The Labute approximate surface area is 105 Å². The van der Waals surface area contributed by atoms with Crippen molar-refractivity contribution in [2.24, 2.45) is 5.41 Å². The molecule has 2 aliphatic rings. The largest absolute Gasteiger partial charge is 0.145 e. The van der Waals surface area contributed by atoms with E-state index in [2.05, 4.69) is 63.3 Å². The maximum Gasteiger partial charge on any atom is 0.145 e. The standard InChI is InChI=1S/C16H20P/c1-16(2,3)15-14(13-9-5-4-6-10-13)17(15)11-7-8-12-17/h4-10H,11-12H2,1-3H3/q+1. The average Bonchev–Trinajstić information content (AvgIpc) is 2.68. The van der Waals surface area contributed by atoms with E-state index in [1.165, 1.54) is 17.9 Å². The highest BCUT2D eigenvalue weighted by Crippen LogP contribution is 2.94. The van der Waals surface area contributed by atoms with Gasteiger partial charge in [0.15, 0.2) is 0 Å². The SMILES string of the molecule is CC(C)(C)C1=C(c2ccccc2)[P+]12CC=CC2. The van der Waals surface area contributed by atoms with Gasteiger partial charge in [-0.05, 0) is 12.2 Å². The van der Waals surface area contributed by atoms with Gasteiger partial charge in [-0.15, -0.1) is 0 Å². The fraction of sp³-hybridized carbons (Fsp3) is 0.375. The third-order valence-electron chi connectivity index (χ3n) is 3.79. The minimum absolute atomic E-state index is 0.352. The number of hydrogen-bond acceptors (Lipinski definition) is 0. The van der Waals surface area contributed by atoms with Crippen molar-refractivity contribution in [1.29, 1.82) is 0 Å². The van der Waals surface area contributed by atoms with E-state index in [-0.39, 0.29) is 0 Å². The van der Waals surface area contributed by atoms with Gasteiger partial charge in [0.25, 0.3) is 0 Å². The number of allylic oxidation sites excluding steroid dienone is 3. The van der Waals surface area contributed by atoms with Crippen LogP contribution in [0.2, 0.25) is 0 Å². The maximum atomic E-state index is 2.40. The summed E-state index contributed by atoms with van der Waals surface area (Å²) in [6.07, 6.45) is 7.44. The van der Waals surface area contributed by atoms with Crippen LogP contribution in [0.25, 0.3) is 5.31 Å². The molecule has 2 heterocycles. The van der Waals surface area contributed by atoms with E-state index in [0.717, 1.165) is 0 Å². The van der Waals surface area contributed by atoms with Crippen molar-refractivity contribution < 1.29 is 0 Å². The van der Waals surface area contributed by atoms with E-state index in [9.17, 15) is 0 Å². The van der Waals surface area contributed by atoms with Gasteiger partial charge in [-0.3, -0.25) is 0 Å². The number of rotatable bonds is 1. The molecule has 0 N–H and O–H groups in total. The van der Waals surface area contributed by atoms with Gasteiger partial charge in [0.05, 0.1) is 19.6 Å². The molecule has 0 saturated heterocycles. The molecule has 0 amide bonds. The molecule has 0 saturated carbocycles. The molecule has 1 spiro atoms. The molecule has 2 aliphatic heterocycles. The first-order chi connectivity index (χ1) is 8.06. The first-order valence-electron chi connectivity index (χ1n) is 6.39. The van der Waals surface area contributed by atoms with Crippen molar-refractivity contribution in [3.05, 3.63) is 53.4 Å². The van der Waals surface area contributed by atoms with Crippen molar-refractivity contribution in [2.45, 2.75) is 20.8 Å². The highest BCUT2D eigenvalue weighted by Gasteiger charge is 2.67. The lowest BCUT2D eigenvalue weighted by Gasteiger charge is -2.14. The van der Waals surface area contributed by atoms with E-state index in [0.29, 0.717) is 5.41 Å². The highest BCUT2D eigenvalue weighted by molar-refractivity contribution is 7.97. The molecule has 0 aromatic heterocycles. The Hall–Kier alpha value is -0.870. The molecule has 0 radical (unpaired) electrons. The topological polar surface area (TPSA) is 0 Å². The Bertz CT molecular complexity index is 492. The van der Waals surface area contributed by atoms with Crippen molar-refractivity contribution in [2.75, 3.05) is 12.3 Å². The van der Waals surface area contributed by atoms with Gasteiger partial charge in [-0.2, -0.15) is 0 Å². The van der Waals surface area contributed by atoms with Crippen molar-refractivity contribution in [3.63, 3.8) is 0 Å². The summed E-state index contributed by atoms with van der Waals surface area (Å²) in [7, 11) is -0.885. The first kappa shape index (κ1) is 11.2. The fourth-order valence-electron chi connectivity index (χ4n) is 3.24. The van der Waals surface area contributed by atoms with E-state index in [4.69, 9.17) is 0 Å². The minimum atomic E-state index is -0.885. The Morgan fingerprint density at radius 3 is 2.06 bits per heavy atom. The van der Waals surface area contributed by atoms with Crippen LogP contribution in [0, 0.1) is 5.41 Å². The quantitative estimate of drug-likeness (QED) is 0.481. The minimum Gasteiger partial charge on any atom is -0.0622 e. The first-order valence-corrected chi connectivity index (χ1v) is 8.55. The van der Waals surface area contributed by atoms with Crippen LogP contribution in [0.4, 0.5) is 0 Å². The molecule has 0 atom stereocenters. The predicted molar refractivity (Wildman–Crippen MR) is 78.6 cm³/mol. The van der Waals surface area contributed by atoms with Crippen LogP contribution in [0.5, 0.6) is 0 Å². The Morgan fingerprint density at radius 2 is 1.53 bits per heavy atom. The molecular formula is C16H20P+. The van der Waals surface area contributed by atoms with Crippen molar-refractivity contribution in [3.8, 4) is 0 Å². The van der Waals surface area contributed by atoms with Gasteiger partial charge in [0.1, 0.15) is 10.6 Å². The van der Waals surface area contributed by atoms with Crippen LogP contribution in [-0.2, 0) is 0 Å². The van der Waals surface area contributed by atoms with Crippen LogP contribution in [0.3, 0.4) is 0 Å². The molecule has 0 nitrogen and oxygen atoms in total. The zero-order valence-electron chi connectivity index (χ0n) is 10.9. The van der Waals surface area contributed by atoms with Crippen molar-refractivity contribution >= 4 is 12.6 Å². The van der Waals surface area contributed by atoms with Crippen LogP contribution >= 0.6 is 7.26 Å².